The molecule has 3 nitrogen and oxygen atoms in total. The minimum atomic E-state index is 0.697. The Kier molecular flexibility index (Phi) is 5.84. The van der Waals surface area contributed by atoms with Crippen LogP contribution in [0.3, 0.4) is 0 Å². The number of nitrogens with one attached hydrogen (secondary N) is 1. The van der Waals surface area contributed by atoms with Crippen molar-refractivity contribution in [3.8, 4) is 0 Å². The van der Waals surface area contributed by atoms with Gasteiger partial charge < -0.3 is 10.2 Å². The van der Waals surface area contributed by atoms with Gasteiger partial charge in [0.05, 0.1) is 0 Å². The van der Waals surface area contributed by atoms with Gasteiger partial charge in [-0.05, 0) is 49.9 Å². The molecule has 112 valence electrons. The molecule has 0 saturated carbocycles. The van der Waals surface area contributed by atoms with Crippen LogP contribution in [-0.4, -0.2) is 24.6 Å². The van der Waals surface area contributed by atoms with Crippen molar-refractivity contribution in [1.82, 2.24) is 10.3 Å². The van der Waals surface area contributed by atoms with E-state index in [4.69, 9.17) is 4.98 Å². The molecule has 20 heavy (non-hydrogen) atoms. The first-order valence-electron chi connectivity index (χ1n) is 8.08. The predicted octanol–water partition coefficient (Wildman–Crippen LogP) is 3.52. The monoisotopic (exact) mass is 275 g/mol. The molecule has 0 aromatic carbocycles. The molecule has 1 aliphatic heterocycles. The Morgan fingerprint density at radius 1 is 1.15 bits per heavy atom. The largest absolute Gasteiger partial charge is 0.357 e. The van der Waals surface area contributed by atoms with Gasteiger partial charge in [-0.15, -0.1) is 0 Å². The molecule has 3 heteroatoms. The number of aromatic nitrogens is 1. The van der Waals surface area contributed by atoms with Gasteiger partial charge in [-0.2, -0.15) is 0 Å². The molecule has 1 aromatic heterocycles. The zero-order valence-electron chi connectivity index (χ0n) is 13.3. The highest BCUT2D eigenvalue weighted by Crippen LogP contribution is 2.19. The molecule has 0 aliphatic carbocycles. The number of hydrogen-bond acceptors (Lipinski definition) is 3. The van der Waals surface area contributed by atoms with Crippen LogP contribution in [0.5, 0.6) is 0 Å². The second-order valence-electron chi connectivity index (χ2n) is 6.40. The van der Waals surface area contributed by atoms with E-state index in [1.807, 2.05) is 0 Å². The van der Waals surface area contributed by atoms with Gasteiger partial charge in [-0.25, -0.2) is 4.98 Å². The highest BCUT2D eigenvalue weighted by molar-refractivity contribution is 5.42. The first kappa shape index (κ1) is 15.3. The molecular weight excluding hydrogens is 246 g/mol. The van der Waals surface area contributed by atoms with E-state index in [9.17, 15) is 0 Å². The van der Waals surface area contributed by atoms with Crippen LogP contribution in [0.15, 0.2) is 12.1 Å². The summed E-state index contributed by atoms with van der Waals surface area (Å²) in [5.74, 6) is 1.87. The Hall–Kier alpha value is -1.09. The molecule has 0 atom stereocenters. The fraction of sp³-hybridized carbons (Fsp3) is 0.706. The summed E-state index contributed by atoms with van der Waals surface area (Å²) < 4.78 is 0. The van der Waals surface area contributed by atoms with Gasteiger partial charge in [0.15, 0.2) is 0 Å². The van der Waals surface area contributed by atoms with Gasteiger partial charge in [-0.3, -0.25) is 0 Å². The maximum atomic E-state index is 4.74. The number of pyridine rings is 1. The molecule has 0 bridgehead atoms. The molecular formula is C17H29N3. The van der Waals surface area contributed by atoms with E-state index in [1.54, 1.807) is 0 Å². The summed E-state index contributed by atoms with van der Waals surface area (Å²) in [7, 11) is 0. The van der Waals surface area contributed by atoms with Crippen LogP contribution >= 0.6 is 0 Å². The fourth-order valence-electron chi connectivity index (χ4n) is 2.79. The zero-order chi connectivity index (χ0) is 14.4. The first-order valence-corrected chi connectivity index (χ1v) is 8.08. The summed E-state index contributed by atoms with van der Waals surface area (Å²) in [5.41, 5.74) is 2.49. The van der Waals surface area contributed by atoms with E-state index >= 15 is 0 Å². The number of hydrogen-bond donors (Lipinski definition) is 1. The molecule has 2 heterocycles. The van der Waals surface area contributed by atoms with Crippen molar-refractivity contribution in [1.29, 1.82) is 0 Å². The van der Waals surface area contributed by atoms with Gasteiger partial charge in [0.1, 0.15) is 5.82 Å². The van der Waals surface area contributed by atoms with E-state index in [0.29, 0.717) is 5.92 Å². The second-order valence-corrected chi connectivity index (χ2v) is 6.40. The molecule has 2 rings (SSSR count). The molecule has 1 fully saturated rings. The lowest BCUT2D eigenvalue weighted by molar-refractivity contribution is 0.552. The summed E-state index contributed by atoms with van der Waals surface area (Å²) in [4.78, 5) is 7.20. The minimum Gasteiger partial charge on any atom is -0.357 e. The van der Waals surface area contributed by atoms with E-state index in [2.05, 4.69) is 43.1 Å². The van der Waals surface area contributed by atoms with Crippen LogP contribution in [-0.2, 0) is 6.54 Å². The third-order valence-corrected chi connectivity index (χ3v) is 3.81. The lowest BCUT2D eigenvalue weighted by Gasteiger charge is -2.22. The van der Waals surface area contributed by atoms with Crippen LogP contribution < -0.4 is 10.2 Å². The number of anilines is 1. The average molecular weight is 275 g/mol. The predicted molar refractivity (Wildman–Crippen MR) is 86.2 cm³/mol. The molecule has 1 saturated heterocycles. The molecule has 0 amide bonds. The maximum Gasteiger partial charge on any atom is 0.129 e. The van der Waals surface area contributed by atoms with Gasteiger partial charge in [0.25, 0.3) is 0 Å². The Bertz CT molecular complexity index is 407. The number of nitrogens with zero attached hydrogens (tertiary/aromatic N) is 2. The first-order chi connectivity index (χ1) is 9.65. The van der Waals surface area contributed by atoms with Crippen LogP contribution in [0, 0.1) is 12.8 Å². The molecule has 1 aromatic rings. The van der Waals surface area contributed by atoms with E-state index in [0.717, 1.165) is 31.9 Å². The minimum absolute atomic E-state index is 0.697. The molecule has 1 N–H and O–H groups in total. The highest BCUT2D eigenvalue weighted by atomic mass is 15.2. The van der Waals surface area contributed by atoms with Gasteiger partial charge in [0, 0.05) is 25.3 Å². The Labute approximate surface area is 123 Å². The van der Waals surface area contributed by atoms with Crippen molar-refractivity contribution in [3.63, 3.8) is 0 Å². The normalized spacial score (nSPS) is 16.5. The van der Waals surface area contributed by atoms with Crippen molar-refractivity contribution in [2.75, 3.05) is 24.5 Å². The van der Waals surface area contributed by atoms with Crippen molar-refractivity contribution < 1.29 is 0 Å². The van der Waals surface area contributed by atoms with Crippen LogP contribution in [0.2, 0.25) is 0 Å². The average Bonchev–Trinajstić information content (AvgIpc) is 2.66. The Morgan fingerprint density at radius 2 is 1.85 bits per heavy atom. The van der Waals surface area contributed by atoms with Crippen molar-refractivity contribution >= 4 is 5.82 Å². The third kappa shape index (κ3) is 4.78. The summed E-state index contributed by atoms with van der Waals surface area (Å²) in [6.07, 6.45) is 5.34. The maximum absolute atomic E-state index is 4.74. The molecule has 1 aliphatic rings. The van der Waals surface area contributed by atoms with E-state index < -0.39 is 0 Å². The van der Waals surface area contributed by atoms with Crippen LogP contribution in [0.1, 0.15) is 50.8 Å². The van der Waals surface area contributed by atoms with Crippen molar-refractivity contribution in [2.24, 2.45) is 5.92 Å². The fourth-order valence-corrected chi connectivity index (χ4v) is 2.79. The Balaban J connectivity index is 2.03. The summed E-state index contributed by atoms with van der Waals surface area (Å²) in [5, 5.41) is 3.52. The summed E-state index contributed by atoms with van der Waals surface area (Å²) in [6, 6.07) is 4.47. The SMILES string of the molecule is Cc1cc(CNCC(C)C)cc(N2CCCCCC2)n1. The number of aryl methyl sites for hydroxylation is 1. The number of rotatable bonds is 5. The molecule has 0 radical (unpaired) electrons. The Morgan fingerprint density at radius 3 is 2.50 bits per heavy atom. The smallest absolute Gasteiger partial charge is 0.129 e. The van der Waals surface area contributed by atoms with Crippen molar-refractivity contribution in [3.05, 3.63) is 23.4 Å². The van der Waals surface area contributed by atoms with Crippen LogP contribution in [0.25, 0.3) is 0 Å². The zero-order valence-corrected chi connectivity index (χ0v) is 13.3. The topological polar surface area (TPSA) is 28.2 Å². The highest BCUT2D eigenvalue weighted by Gasteiger charge is 2.12. The summed E-state index contributed by atoms with van der Waals surface area (Å²) in [6.45, 7) is 10.9. The lowest BCUT2D eigenvalue weighted by Crippen LogP contribution is -2.25. The van der Waals surface area contributed by atoms with Crippen LogP contribution in [0.4, 0.5) is 5.82 Å². The molecule has 0 spiro atoms. The van der Waals surface area contributed by atoms with Gasteiger partial charge >= 0.3 is 0 Å². The van der Waals surface area contributed by atoms with Gasteiger partial charge in [0.2, 0.25) is 0 Å². The van der Waals surface area contributed by atoms with E-state index in [1.165, 1.54) is 37.1 Å². The quantitative estimate of drug-likeness (QED) is 0.891. The second kappa shape index (κ2) is 7.63. The summed E-state index contributed by atoms with van der Waals surface area (Å²) >= 11 is 0. The van der Waals surface area contributed by atoms with Crippen molar-refractivity contribution in [2.45, 2.75) is 53.0 Å². The third-order valence-electron chi connectivity index (χ3n) is 3.81. The standard InChI is InChI=1S/C17H29N3/c1-14(2)12-18-13-16-10-15(3)19-17(11-16)20-8-6-4-5-7-9-20/h10-11,14,18H,4-9,12-13H2,1-3H3. The van der Waals surface area contributed by atoms with E-state index in [-0.39, 0.29) is 0 Å². The molecule has 0 unspecified atom stereocenters. The van der Waals surface area contributed by atoms with Gasteiger partial charge in [-0.1, -0.05) is 26.7 Å². The lowest BCUT2D eigenvalue weighted by atomic mass is 10.2.